The van der Waals surface area contributed by atoms with E-state index in [2.05, 4.69) is 17.2 Å². The third-order valence-corrected chi connectivity index (χ3v) is 3.89. The zero-order chi connectivity index (χ0) is 18.2. The van der Waals surface area contributed by atoms with Gasteiger partial charge in [-0.2, -0.15) is 0 Å². The number of amides is 1. The van der Waals surface area contributed by atoms with Crippen molar-refractivity contribution in [3.05, 3.63) is 72.2 Å². The second-order valence-corrected chi connectivity index (χ2v) is 5.96. The third kappa shape index (κ3) is 4.72. The van der Waals surface area contributed by atoms with Crippen LogP contribution in [0.4, 0.5) is 0 Å². The molecule has 0 aliphatic carbocycles. The molecule has 1 aromatic carbocycles. The highest BCUT2D eigenvalue weighted by Gasteiger charge is 2.03. The number of ether oxygens (including phenoxy) is 1. The van der Waals surface area contributed by atoms with Gasteiger partial charge in [-0.05, 0) is 30.7 Å². The quantitative estimate of drug-likeness (QED) is 0.633. The lowest BCUT2D eigenvalue weighted by Crippen LogP contribution is -2.23. The molecule has 1 amide bonds. The van der Waals surface area contributed by atoms with Crippen molar-refractivity contribution in [3.63, 3.8) is 0 Å². The third-order valence-electron chi connectivity index (χ3n) is 3.89. The molecule has 3 aromatic rings. The van der Waals surface area contributed by atoms with Gasteiger partial charge in [0.1, 0.15) is 11.4 Å². The summed E-state index contributed by atoms with van der Waals surface area (Å²) in [6, 6.07) is 13.6. The van der Waals surface area contributed by atoms with E-state index in [1.807, 2.05) is 59.3 Å². The monoisotopic (exact) mass is 349 g/mol. The van der Waals surface area contributed by atoms with Crippen LogP contribution in [-0.2, 0) is 11.2 Å². The highest BCUT2D eigenvalue weighted by Crippen LogP contribution is 2.19. The van der Waals surface area contributed by atoms with Gasteiger partial charge in [0.05, 0.1) is 12.3 Å². The average molecular weight is 349 g/mol. The first-order chi connectivity index (χ1) is 12.8. The number of rotatable bonds is 8. The second kappa shape index (κ2) is 8.85. The Morgan fingerprint density at radius 3 is 2.92 bits per heavy atom. The number of benzene rings is 1. The highest BCUT2D eigenvalue weighted by atomic mass is 16.5. The lowest BCUT2D eigenvalue weighted by molar-refractivity contribution is -0.116. The number of nitrogens with zero attached hydrogens (tertiary/aromatic N) is 2. The minimum atomic E-state index is -0.126. The average Bonchev–Trinajstić information content (AvgIpc) is 3.08. The van der Waals surface area contributed by atoms with Crippen molar-refractivity contribution in [2.45, 2.75) is 19.8 Å². The fourth-order valence-corrected chi connectivity index (χ4v) is 2.61. The topological polar surface area (TPSA) is 55.6 Å². The van der Waals surface area contributed by atoms with Gasteiger partial charge in [0.15, 0.2) is 0 Å². The molecule has 3 rings (SSSR count). The SMILES string of the molecule is CCCOc1ccccc1/C=C/C(=O)NCCc1cn2ccccc2n1. The Bertz CT molecular complexity index is 866. The second-order valence-electron chi connectivity index (χ2n) is 5.96. The molecule has 0 unspecified atom stereocenters. The number of carbonyl (C=O) groups is 1. The fraction of sp³-hybridized carbons (Fsp3) is 0.238. The van der Waals surface area contributed by atoms with Crippen LogP contribution in [0.25, 0.3) is 11.7 Å². The zero-order valence-corrected chi connectivity index (χ0v) is 14.9. The first kappa shape index (κ1) is 17.7. The van der Waals surface area contributed by atoms with Gasteiger partial charge in [0.25, 0.3) is 0 Å². The van der Waals surface area contributed by atoms with Gasteiger partial charge in [0.2, 0.25) is 5.91 Å². The Kier molecular flexibility index (Phi) is 6.04. The molecule has 0 saturated carbocycles. The molecule has 0 saturated heterocycles. The Morgan fingerprint density at radius 2 is 2.08 bits per heavy atom. The maximum atomic E-state index is 12.0. The van der Waals surface area contributed by atoms with E-state index >= 15 is 0 Å². The molecule has 0 spiro atoms. The molecule has 2 aromatic heterocycles. The molecular weight excluding hydrogens is 326 g/mol. The summed E-state index contributed by atoms with van der Waals surface area (Å²) in [5, 5.41) is 2.89. The number of hydrogen-bond acceptors (Lipinski definition) is 3. The number of hydrogen-bond donors (Lipinski definition) is 1. The van der Waals surface area contributed by atoms with Gasteiger partial charge in [-0.25, -0.2) is 4.98 Å². The highest BCUT2D eigenvalue weighted by molar-refractivity contribution is 5.92. The van der Waals surface area contributed by atoms with E-state index in [1.165, 1.54) is 6.08 Å². The van der Waals surface area contributed by atoms with Crippen LogP contribution in [0.5, 0.6) is 5.75 Å². The first-order valence-electron chi connectivity index (χ1n) is 8.86. The predicted molar refractivity (Wildman–Crippen MR) is 103 cm³/mol. The summed E-state index contributed by atoms with van der Waals surface area (Å²) in [5.41, 5.74) is 2.77. The molecular formula is C21H23N3O2. The molecule has 5 heteroatoms. The predicted octanol–water partition coefficient (Wildman–Crippen LogP) is 3.50. The van der Waals surface area contributed by atoms with Gasteiger partial charge < -0.3 is 14.5 Å². The van der Waals surface area contributed by atoms with Gasteiger partial charge in [-0.15, -0.1) is 0 Å². The summed E-state index contributed by atoms with van der Waals surface area (Å²) in [6.07, 6.45) is 8.91. The molecule has 0 fully saturated rings. The van der Waals surface area contributed by atoms with Crippen LogP contribution in [0.2, 0.25) is 0 Å². The van der Waals surface area contributed by atoms with Crippen molar-refractivity contribution in [1.82, 2.24) is 14.7 Å². The van der Waals surface area contributed by atoms with E-state index in [-0.39, 0.29) is 5.91 Å². The first-order valence-corrected chi connectivity index (χ1v) is 8.86. The summed E-state index contributed by atoms with van der Waals surface area (Å²) < 4.78 is 7.67. The largest absolute Gasteiger partial charge is 0.493 e. The van der Waals surface area contributed by atoms with Crippen LogP contribution in [0, 0.1) is 0 Å². The molecule has 5 nitrogen and oxygen atoms in total. The number of aromatic nitrogens is 2. The molecule has 0 aliphatic rings. The van der Waals surface area contributed by atoms with Crippen LogP contribution in [0.1, 0.15) is 24.6 Å². The molecule has 0 aliphatic heterocycles. The Balaban J connectivity index is 1.51. The van der Waals surface area contributed by atoms with Crippen LogP contribution < -0.4 is 10.1 Å². The summed E-state index contributed by atoms with van der Waals surface area (Å²) in [5.74, 6) is 0.669. The van der Waals surface area contributed by atoms with Crippen LogP contribution >= 0.6 is 0 Å². The van der Waals surface area contributed by atoms with Crippen molar-refractivity contribution in [2.75, 3.05) is 13.2 Å². The number of nitrogens with one attached hydrogen (secondary N) is 1. The van der Waals surface area contributed by atoms with Gasteiger partial charge in [-0.3, -0.25) is 4.79 Å². The van der Waals surface area contributed by atoms with Crippen LogP contribution in [0.3, 0.4) is 0 Å². The molecule has 0 bridgehead atoms. The van der Waals surface area contributed by atoms with Crippen molar-refractivity contribution in [3.8, 4) is 5.75 Å². The normalized spacial score (nSPS) is 11.1. The maximum absolute atomic E-state index is 12.0. The van der Waals surface area contributed by atoms with Crippen molar-refractivity contribution < 1.29 is 9.53 Å². The molecule has 0 atom stereocenters. The van der Waals surface area contributed by atoms with Gasteiger partial charge in [-0.1, -0.05) is 31.2 Å². The molecule has 1 N–H and O–H groups in total. The number of para-hydroxylation sites is 1. The Labute approximate surface area is 153 Å². The summed E-state index contributed by atoms with van der Waals surface area (Å²) in [7, 11) is 0. The summed E-state index contributed by atoms with van der Waals surface area (Å²) in [6.45, 7) is 3.27. The van der Waals surface area contributed by atoms with E-state index in [9.17, 15) is 4.79 Å². The van der Waals surface area contributed by atoms with Gasteiger partial charge in [0, 0.05) is 37.0 Å². The van der Waals surface area contributed by atoms with E-state index < -0.39 is 0 Å². The number of carbonyl (C=O) groups excluding carboxylic acids is 1. The number of fused-ring (bicyclic) bond motifs is 1. The van der Waals surface area contributed by atoms with E-state index in [4.69, 9.17) is 4.74 Å². The Hall–Kier alpha value is -3.08. The standard InChI is InChI=1S/C21H23N3O2/c1-2-15-26-19-8-4-3-7-17(19)10-11-21(25)22-13-12-18-16-24-14-6-5-9-20(24)23-18/h3-11,14,16H,2,12-13,15H2,1H3,(H,22,25)/b11-10+. The lowest BCUT2D eigenvalue weighted by Gasteiger charge is -2.07. The fourth-order valence-electron chi connectivity index (χ4n) is 2.61. The lowest BCUT2D eigenvalue weighted by atomic mass is 10.2. The van der Waals surface area contributed by atoms with E-state index in [0.29, 0.717) is 19.6 Å². The van der Waals surface area contributed by atoms with Crippen molar-refractivity contribution in [2.24, 2.45) is 0 Å². The molecule has 26 heavy (non-hydrogen) atoms. The molecule has 134 valence electrons. The summed E-state index contributed by atoms with van der Waals surface area (Å²) in [4.78, 5) is 16.6. The maximum Gasteiger partial charge on any atom is 0.244 e. The minimum Gasteiger partial charge on any atom is -0.493 e. The molecule has 0 radical (unpaired) electrons. The van der Waals surface area contributed by atoms with Crippen molar-refractivity contribution in [1.29, 1.82) is 0 Å². The molecule has 2 heterocycles. The number of imidazole rings is 1. The van der Waals surface area contributed by atoms with E-state index in [0.717, 1.165) is 29.1 Å². The minimum absolute atomic E-state index is 0.126. The van der Waals surface area contributed by atoms with E-state index in [1.54, 1.807) is 6.08 Å². The van der Waals surface area contributed by atoms with Crippen LogP contribution in [-0.4, -0.2) is 28.4 Å². The summed E-state index contributed by atoms with van der Waals surface area (Å²) >= 11 is 0. The van der Waals surface area contributed by atoms with Gasteiger partial charge >= 0.3 is 0 Å². The Morgan fingerprint density at radius 1 is 1.23 bits per heavy atom. The van der Waals surface area contributed by atoms with Crippen LogP contribution in [0.15, 0.2) is 60.9 Å². The zero-order valence-electron chi connectivity index (χ0n) is 14.9. The van der Waals surface area contributed by atoms with Crippen molar-refractivity contribution >= 4 is 17.6 Å². The smallest absolute Gasteiger partial charge is 0.244 e. The number of pyridine rings is 1.